The van der Waals surface area contributed by atoms with Crippen LogP contribution in [0.3, 0.4) is 0 Å². The Hall–Kier alpha value is -2.82. The average Bonchev–Trinajstić information content (AvgIpc) is 3.00. The van der Waals surface area contributed by atoms with Crippen LogP contribution in [-0.2, 0) is 19.1 Å². The van der Waals surface area contributed by atoms with E-state index >= 15 is 0 Å². The van der Waals surface area contributed by atoms with Crippen molar-refractivity contribution < 1.29 is 28.7 Å². The standard InChI is InChI=1S/C21H16BrClN2O6S/c1-30-19(27)11-31-16-6-5-13(22)7-12(16)8-17-20(28)25(21(29)32-17)10-18(26)24-15-4-2-3-14(23)9-15/h2-9H,10-11H2,1H3,(H,24,26)/b17-8+. The minimum atomic E-state index is -0.611. The molecule has 2 aromatic carbocycles. The van der Waals surface area contributed by atoms with Gasteiger partial charge in [-0.15, -0.1) is 0 Å². The first-order valence-corrected chi connectivity index (χ1v) is 11.1. The van der Waals surface area contributed by atoms with E-state index in [1.165, 1.54) is 13.2 Å². The molecule has 8 nitrogen and oxygen atoms in total. The molecule has 0 spiro atoms. The molecule has 32 heavy (non-hydrogen) atoms. The van der Waals surface area contributed by atoms with Gasteiger partial charge in [0.1, 0.15) is 12.3 Å². The predicted octanol–water partition coefficient (Wildman–Crippen LogP) is 4.33. The van der Waals surface area contributed by atoms with E-state index < -0.39 is 29.6 Å². The first-order valence-electron chi connectivity index (χ1n) is 9.07. The second-order valence-electron chi connectivity index (χ2n) is 6.37. The van der Waals surface area contributed by atoms with Crippen LogP contribution in [0.15, 0.2) is 51.8 Å². The summed E-state index contributed by atoms with van der Waals surface area (Å²) in [7, 11) is 1.24. The first kappa shape index (κ1) is 23.8. The van der Waals surface area contributed by atoms with Crippen molar-refractivity contribution in [3.8, 4) is 5.75 Å². The van der Waals surface area contributed by atoms with Crippen molar-refractivity contribution in [1.82, 2.24) is 4.90 Å². The van der Waals surface area contributed by atoms with Crippen molar-refractivity contribution in [1.29, 1.82) is 0 Å². The quantitative estimate of drug-likeness (QED) is 0.413. The fourth-order valence-corrected chi connectivity index (χ4v) is 4.05. The highest BCUT2D eigenvalue weighted by Crippen LogP contribution is 2.35. The van der Waals surface area contributed by atoms with Crippen molar-refractivity contribution in [2.24, 2.45) is 0 Å². The Morgan fingerprint density at radius 2 is 2.00 bits per heavy atom. The lowest BCUT2D eigenvalue weighted by atomic mass is 10.2. The molecule has 1 heterocycles. The molecular formula is C21H16BrClN2O6S. The Labute approximate surface area is 201 Å². The normalized spacial score (nSPS) is 14.6. The number of nitrogens with zero attached hydrogens (tertiary/aromatic N) is 1. The maximum Gasteiger partial charge on any atom is 0.343 e. The largest absolute Gasteiger partial charge is 0.481 e. The molecule has 0 aromatic heterocycles. The lowest BCUT2D eigenvalue weighted by Crippen LogP contribution is -2.36. The Morgan fingerprint density at radius 1 is 1.22 bits per heavy atom. The van der Waals surface area contributed by atoms with Gasteiger partial charge in [-0.3, -0.25) is 19.3 Å². The van der Waals surface area contributed by atoms with Gasteiger partial charge in [-0.1, -0.05) is 33.6 Å². The molecule has 1 aliphatic rings. The molecule has 1 saturated heterocycles. The number of hydrogen-bond acceptors (Lipinski definition) is 7. The van der Waals surface area contributed by atoms with Gasteiger partial charge in [0.15, 0.2) is 6.61 Å². The van der Waals surface area contributed by atoms with E-state index in [1.807, 2.05) is 0 Å². The number of rotatable bonds is 7. The molecule has 11 heteroatoms. The molecule has 0 bridgehead atoms. The summed E-state index contributed by atoms with van der Waals surface area (Å²) < 4.78 is 10.7. The Balaban J connectivity index is 1.74. The van der Waals surface area contributed by atoms with E-state index in [9.17, 15) is 19.2 Å². The van der Waals surface area contributed by atoms with Crippen LogP contribution in [0.1, 0.15) is 5.56 Å². The third-order valence-electron chi connectivity index (χ3n) is 4.12. The predicted molar refractivity (Wildman–Crippen MR) is 124 cm³/mol. The zero-order valence-corrected chi connectivity index (χ0v) is 19.8. The number of hydrogen-bond donors (Lipinski definition) is 1. The fraction of sp³-hybridized carbons (Fsp3) is 0.143. The van der Waals surface area contributed by atoms with Crippen LogP contribution in [0, 0.1) is 0 Å². The lowest BCUT2D eigenvalue weighted by molar-refractivity contribution is -0.142. The zero-order valence-electron chi connectivity index (χ0n) is 16.6. The van der Waals surface area contributed by atoms with Gasteiger partial charge >= 0.3 is 5.97 Å². The van der Waals surface area contributed by atoms with Crippen LogP contribution >= 0.6 is 39.3 Å². The van der Waals surface area contributed by atoms with Crippen molar-refractivity contribution in [3.05, 3.63) is 62.4 Å². The van der Waals surface area contributed by atoms with Crippen LogP contribution < -0.4 is 10.1 Å². The van der Waals surface area contributed by atoms with Gasteiger partial charge in [0.2, 0.25) is 5.91 Å². The monoisotopic (exact) mass is 538 g/mol. The van der Waals surface area contributed by atoms with Crippen molar-refractivity contribution in [2.45, 2.75) is 0 Å². The second-order valence-corrected chi connectivity index (χ2v) is 8.72. The van der Waals surface area contributed by atoms with E-state index in [4.69, 9.17) is 16.3 Å². The summed E-state index contributed by atoms with van der Waals surface area (Å²) in [5, 5.41) is 2.46. The molecule has 3 amide bonds. The van der Waals surface area contributed by atoms with Gasteiger partial charge in [-0.05, 0) is 54.2 Å². The number of carbonyl (C=O) groups is 4. The number of ether oxygens (including phenoxy) is 2. The molecule has 166 valence electrons. The smallest absolute Gasteiger partial charge is 0.343 e. The van der Waals surface area contributed by atoms with E-state index in [1.54, 1.807) is 42.5 Å². The SMILES string of the molecule is COC(=O)COc1ccc(Br)cc1/C=C1/SC(=O)N(CC(=O)Nc2cccc(Cl)c2)C1=O. The van der Waals surface area contributed by atoms with Gasteiger partial charge in [-0.2, -0.15) is 0 Å². The summed E-state index contributed by atoms with van der Waals surface area (Å²) in [5.41, 5.74) is 0.920. The highest BCUT2D eigenvalue weighted by Gasteiger charge is 2.36. The highest BCUT2D eigenvalue weighted by molar-refractivity contribution is 9.10. The summed E-state index contributed by atoms with van der Waals surface area (Å²) in [6.45, 7) is -0.761. The molecule has 1 fully saturated rings. The molecule has 3 rings (SSSR count). The maximum atomic E-state index is 12.8. The molecule has 1 N–H and O–H groups in total. The lowest BCUT2D eigenvalue weighted by Gasteiger charge is -2.12. The number of amides is 3. The van der Waals surface area contributed by atoms with Gasteiger partial charge in [0, 0.05) is 20.7 Å². The van der Waals surface area contributed by atoms with Crippen LogP contribution in [-0.4, -0.2) is 48.2 Å². The second kappa shape index (κ2) is 10.7. The summed E-state index contributed by atoms with van der Waals surface area (Å²) in [4.78, 5) is 49.8. The van der Waals surface area contributed by atoms with Crippen LogP contribution in [0.25, 0.3) is 6.08 Å². The van der Waals surface area contributed by atoms with Crippen LogP contribution in [0.4, 0.5) is 10.5 Å². The summed E-state index contributed by atoms with van der Waals surface area (Å²) in [6.07, 6.45) is 1.47. The Kier molecular flexibility index (Phi) is 7.94. The molecule has 0 atom stereocenters. The number of esters is 1. The summed E-state index contributed by atoms with van der Waals surface area (Å²) in [6, 6.07) is 11.5. The van der Waals surface area contributed by atoms with Crippen LogP contribution in [0.2, 0.25) is 5.02 Å². The van der Waals surface area contributed by atoms with E-state index in [-0.39, 0.29) is 11.5 Å². The van der Waals surface area contributed by atoms with Crippen LogP contribution in [0.5, 0.6) is 5.75 Å². The fourth-order valence-electron chi connectivity index (χ4n) is 2.65. The number of halogens is 2. The number of benzene rings is 2. The number of carbonyl (C=O) groups excluding carboxylic acids is 4. The summed E-state index contributed by atoms with van der Waals surface area (Å²) >= 11 is 9.94. The summed E-state index contributed by atoms with van der Waals surface area (Å²) in [5.74, 6) is -1.39. The number of nitrogens with one attached hydrogen (secondary N) is 1. The molecule has 0 aliphatic carbocycles. The Bertz CT molecular complexity index is 1120. The third kappa shape index (κ3) is 6.12. The Morgan fingerprint density at radius 3 is 2.72 bits per heavy atom. The van der Waals surface area contributed by atoms with E-state index in [0.29, 0.717) is 38.3 Å². The highest BCUT2D eigenvalue weighted by atomic mass is 79.9. The maximum absolute atomic E-state index is 12.8. The number of methoxy groups -OCH3 is 1. The number of anilines is 1. The molecule has 0 unspecified atom stereocenters. The van der Waals surface area contributed by atoms with Gasteiger partial charge in [0.25, 0.3) is 11.1 Å². The van der Waals surface area contributed by atoms with E-state index in [2.05, 4.69) is 26.0 Å². The van der Waals surface area contributed by atoms with Gasteiger partial charge < -0.3 is 14.8 Å². The molecule has 0 saturated carbocycles. The van der Waals surface area contributed by atoms with E-state index in [0.717, 1.165) is 4.90 Å². The van der Waals surface area contributed by atoms with Crippen molar-refractivity contribution in [2.75, 3.05) is 25.6 Å². The molecule has 0 radical (unpaired) electrons. The van der Waals surface area contributed by atoms with Crippen molar-refractivity contribution in [3.63, 3.8) is 0 Å². The number of imide groups is 1. The molecule has 2 aromatic rings. The average molecular weight is 540 g/mol. The number of thioether (sulfide) groups is 1. The third-order valence-corrected chi connectivity index (χ3v) is 5.75. The molecular weight excluding hydrogens is 524 g/mol. The van der Waals surface area contributed by atoms with Gasteiger partial charge in [0.05, 0.1) is 12.0 Å². The van der Waals surface area contributed by atoms with Gasteiger partial charge in [-0.25, -0.2) is 4.79 Å². The minimum absolute atomic E-state index is 0.117. The zero-order chi connectivity index (χ0) is 23.3. The first-order chi connectivity index (χ1) is 15.3. The molecule has 1 aliphatic heterocycles. The minimum Gasteiger partial charge on any atom is -0.481 e. The van der Waals surface area contributed by atoms with Crippen molar-refractivity contribution >= 4 is 74.1 Å². The topological polar surface area (TPSA) is 102 Å².